The van der Waals surface area contributed by atoms with Gasteiger partial charge in [-0.1, -0.05) is 0 Å². The van der Waals surface area contributed by atoms with E-state index in [1.165, 1.54) is 0 Å². The van der Waals surface area contributed by atoms with Gasteiger partial charge in [-0.2, -0.15) is 0 Å². The summed E-state index contributed by atoms with van der Waals surface area (Å²) in [6.07, 6.45) is 0. The molecule has 0 aliphatic rings. The Balaban J connectivity index is -0.00000000500. The number of rotatable bonds is 0. The van der Waals surface area contributed by atoms with Crippen LogP contribution in [-0.2, 0) is 0.938 Å². The summed E-state index contributed by atoms with van der Waals surface area (Å²) in [6, 6.07) is 0. The zero-order chi connectivity index (χ0) is 2.00. The zero-order valence-electron chi connectivity index (χ0n) is 1.62. The standard InChI is InChI=1S/Ce.In.O.Sn.5H. The summed E-state index contributed by atoms with van der Waals surface area (Å²) in [6.45, 7) is 0. The van der Waals surface area contributed by atoms with Crippen LogP contribution < -0.4 is 0 Å². The molecule has 0 saturated heterocycles. The van der Waals surface area contributed by atoms with E-state index in [0.29, 0.717) is 0 Å². The van der Waals surface area contributed by atoms with E-state index in [1.54, 1.807) is 0 Å². The molecule has 0 aliphatic heterocycles. The molecule has 0 aromatic rings. The molecule has 0 saturated carbocycles. The number of hydrogen-bond acceptors (Lipinski definition) is 1. The first-order valence-electron chi connectivity index (χ1n) is 0.204. The van der Waals surface area contributed by atoms with Crippen molar-refractivity contribution in [1.82, 2.24) is 0 Å². The molecule has 0 aliphatic carbocycles. The average Bonchev–Trinajstić information content (AvgIpc) is 1.00. The maximum absolute atomic E-state index is 8.39. The number of hydrogen-bond donors (Lipinski definition) is 0. The van der Waals surface area contributed by atoms with Crippen LogP contribution in [0, 0.1) is 39.8 Å². The quantitative estimate of drug-likeness (QED) is 0.426. The molecule has 22 valence electrons. The van der Waals surface area contributed by atoms with Gasteiger partial charge in [-0.05, 0) is 0 Å². The third-order valence-electron chi connectivity index (χ3n) is 0. The summed E-state index contributed by atoms with van der Waals surface area (Å²) in [5, 5.41) is 0. The van der Waals surface area contributed by atoms with Crippen molar-refractivity contribution in [2.75, 3.05) is 0 Å². The van der Waals surface area contributed by atoms with Crippen molar-refractivity contribution in [3.05, 3.63) is 0 Å². The van der Waals surface area contributed by atoms with Gasteiger partial charge in [0, 0.05) is 0 Å². The Morgan fingerprint density at radius 3 is 1.25 bits per heavy atom. The van der Waals surface area contributed by atoms with Crippen molar-refractivity contribution < 1.29 is 40.7 Å². The van der Waals surface area contributed by atoms with Crippen molar-refractivity contribution in [2.24, 2.45) is 0 Å². The summed E-state index contributed by atoms with van der Waals surface area (Å²) in [4.78, 5) is 0. The van der Waals surface area contributed by atoms with Crippen LogP contribution in [0.15, 0.2) is 0 Å². The molecule has 0 atom stereocenters. The molecule has 4 heavy (non-hydrogen) atoms. The normalized spacial score (nSPS) is 0.750. The molecule has 1 nitrogen and oxygen atoms in total. The van der Waals surface area contributed by atoms with Gasteiger partial charge in [0.2, 0.25) is 0 Å². The van der Waals surface area contributed by atoms with Crippen molar-refractivity contribution in [1.29, 1.82) is 0 Å². The molecular formula is H5CeInOSn. The minimum absolute atomic E-state index is 0. The molecular weight excluding hydrogens is 390 g/mol. The SMILES string of the molecule is [InH3].[O]=[Ce].[SnH2]. The van der Waals surface area contributed by atoms with Crippen LogP contribution in [0.5, 0.6) is 0 Å². The van der Waals surface area contributed by atoms with Gasteiger partial charge in [0.15, 0.2) is 0 Å². The van der Waals surface area contributed by atoms with Crippen molar-refractivity contribution in [3.8, 4) is 0 Å². The fourth-order valence-corrected chi connectivity index (χ4v) is 0. The molecule has 0 aromatic heterocycles. The van der Waals surface area contributed by atoms with E-state index in [1.807, 2.05) is 0 Å². The van der Waals surface area contributed by atoms with Crippen molar-refractivity contribution >= 4 is 49.8 Å². The molecule has 0 aromatic carbocycles. The van der Waals surface area contributed by atoms with Gasteiger partial charge in [0.25, 0.3) is 0 Å². The first kappa shape index (κ1) is 15.8. The van der Waals surface area contributed by atoms with Gasteiger partial charge in [-0.15, -0.1) is 0 Å². The van der Waals surface area contributed by atoms with Gasteiger partial charge in [-0.25, -0.2) is 0 Å². The Bertz CT molecular complexity index is 8.00. The van der Waals surface area contributed by atoms with Crippen molar-refractivity contribution in [3.63, 3.8) is 0 Å². The monoisotopic (exact) mass is 396 g/mol. The third kappa shape index (κ3) is 8.85. The molecule has 0 unspecified atom stereocenters. The summed E-state index contributed by atoms with van der Waals surface area (Å²) < 4.78 is 8.39. The fourth-order valence-electron chi connectivity index (χ4n) is 0. The van der Waals surface area contributed by atoms with Gasteiger partial charge in [-0.3, -0.25) is 0 Å². The van der Waals surface area contributed by atoms with Gasteiger partial charge in [0.1, 0.15) is 0 Å². The Hall–Kier alpha value is 2.85. The van der Waals surface area contributed by atoms with Crippen LogP contribution in [0.2, 0.25) is 0 Å². The second-order valence-electron chi connectivity index (χ2n) is 0. The molecule has 0 fully saturated rings. The van der Waals surface area contributed by atoms with Gasteiger partial charge < -0.3 is 0 Å². The van der Waals surface area contributed by atoms with E-state index in [-0.39, 0.29) is 89.5 Å². The van der Waals surface area contributed by atoms with Crippen LogP contribution in [0.3, 0.4) is 0 Å². The predicted octanol–water partition coefficient (Wildman–Crippen LogP) is -2.22. The predicted molar refractivity (Wildman–Crippen MR) is 19.2 cm³/mol. The first-order valence-corrected chi connectivity index (χ1v) is 1.49. The van der Waals surface area contributed by atoms with Gasteiger partial charge in [0.05, 0.1) is 0 Å². The zero-order valence-corrected chi connectivity index (χ0v) is 8.79. The van der Waals surface area contributed by atoms with E-state index < -0.39 is 0 Å². The van der Waals surface area contributed by atoms with Crippen LogP contribution in [0.25, 0.3) is 0 Å². The summed E-state index contributed by atoms with van der Waals surface area (Å²) in [5.41, 5.74) is 0. The molecule has 0 heterocycles. The molecule has 0 rings (SSSR count). The fraction of sp³-hybridized carbons (Fsp3) is 0. The first-order chi connectivity index (χ1) is 1.00. The Kier molecular flexibility index (Phi) is 67.0. The van der Waals surface area contributed by atoms with Crippen LogP contribution in [0.1, 0.15) is 0 Å². The van der Waals surface area contributed by atoms with Crippen LogP contribution >= 0.6 is 0 Å². The third-order valence-corrected chi connectivity index (χ3v) is 0. The topological polar surface area (TPSA) is 17.1 Å². The van der Waals surface area contributed by atoms with E-state index in [2.05, 4.69) is 0 Å². The summed E-state index contributed by atoms with van der Waals surface area (Å²) >= 11 is 0.0556. The van der Waals surface area contributed by atoms with Crippen LogP contribution in [0.4, 0.5) is 0 Å². The second-order valence-corrected chi connectivity index (χ2v) is 0. The molecule has 2 radical (unpaired) electrons. The summed E-state index contributed by atoms with van der Waals surface area (Å²) in [7, 11) is 0. The molecule has 4 heteroatoms. The Labute approximate surface area is 88.2 Å². The van der Waals surface area contributed by atoms with E-state index in [4.69, 9.17) is 0.938 Å². The summed E-state index contributed by atoms with van der Waals surface area (Å²) in [5.74, 6) is 0. The molecule has 0 spiro atoms. The maximum atomic E-state index is 8.39. The van der Waals surface area contributed by atoms with Crippen molar-refractivity contribution in [2.45, 2.75) is 0 Å². The van der Waals surface area contributed by atoms with E-state index >= 15 is 0 Å². The molecule has 0 bridgehead atoms. The molecule has 0 amide bonds. The molecule has 0 N–H and O–H groups in total. The minimum atomic E-state index is 0. The van der Waals surface area contributed by atoms with E-state index in [0.717, 1.165) is 0 Å². The second kappa shape index (κ2) is 17.0. The Morgan fingerprint density at radius 2 is 1.25 bits per heavy atom. The van der Waals surface area contributed by atoms with Crippen LogP contribution in [-0.4, -0.2) is 49.8 Å². The van der Waals surface area contributed by atoms with E-state index in [9.17, 15) is 0 Å². The van der Waals surface area contributed by atoms with Gasteiger partial charge >= 0.3 is 90.5 Å². The average molecular weight is 395 g/mol. The Morgan fingerprint density at radius 1 is 1.25 bits per heavy atom.